The Labute approximate surface area is 237 Å². The number of aromatic nitrogens is 2. The number of piperidine rings is 1. The fraction of sp³-hybridized carbons (Fsp3) is 0.250. The molecule has 0 radical (unpaired) electrons. The van der Waals surface area contributed by atoms with E-state index in [1.807, 2.05) is 6.07 Å². The van der Waals surface area contributed by atoms with Crippen molar-refractivity contribution in [3.8, 4) is 5.75 Å². The molecule has 40 heavy (non-hydrogen) atoms. The van der Waals surface area contributed by atoms with Gasteiger partial charge in [0.1, 0.15) is 5.75 Å². The van der Waals surface area contributed by atoms with Crippen molar-refractivity contribution in [2.75, 3.05) is 35.6 Å². The van der Waals surface area contributed by atoms with E-state index in [-0.39, 0.29) is 28.4 Å². The van der Waals surface area contributed by atoms with Gasteiger partial charge in [0.2, 0.25) is 5.91 Å². The van der Waals surface area contributed by atoms with Gasteiger partial charge in [0, 0.05) is 18.2 Å². The molecule has 12 heteroatoms. The molecule has 208 valence electrons. The molecule has 1 fully saturated rings. The van der Waals surface area contributed by atoms with Gasteiger partial charge >= 0.3 is 0 Å². The van der Waals surface area contributed by atoms with Crippen LogP contribution in [0.3, 0.4) is 0 Å². The Morgan fingerprint density at radius 2 is 1.82 bits per heavy atom. The number of anilines is 4. The summed E-state index contributed by atoms with van der Waals surface area (Å²) in [6.45, 7) is 1.77. The van der Waals surface area contributed by atoms with Gasteiger partial charge in [0.25, 0.3) is 10.0 Å². The van der Waals surface area contributed by atoms with Gasteiger partial charge in [-0.15, -0.1) is 0 Å². The maximum atomic E-state index is 13.5. The van der Waals surface area contributed by atoms with Crippen molar-refractivity contribution in [1.82, 2.24) is 15.3 Å². The summed E-state index contributed by atoms with van der Waals surface area (Å²) < 4.78 is 34.8. The highest BCUT2D eigenvalue weighted by Gasteiger charge is 2.21. The second-order valence-corrected chi connectivity index (χ2v) is 11.6. The largest absolute Gasteiger partial charge is 0.497 e. The second-order valence-electron chi connectivity index (χ2n) is 9.48. The molecule has 1 atom stereocenters. The maximum Gasteiger partial charge on any atom is 0.263 e. The third kappa shape index (κ3) is 6.61. The summed E-state index contributed by atoms with van der Waals surface area (Å²) in [5, 5.41) is 9.59. The number of hydrogen-bond acceptors (Lipinski definition) is 8. The summed E-state index contributed by atoms with van der Waals surface area (Å²) in [7, 11) is -2.58. The summed E-state index contributed by atoms with van der Waals surface area (Å²) in [6.07, 6.45) is 2.40. The molecule has 1 saturated heterocycles. The highest BCUT2D eigenvalue weighted by atomic mass is 35.5. The Bertz CT molecular complexity index is 1640. The van der Waals surface area contributed by atoms with Gasteiger partial charge in [-0.1, -0.05) is 29.8 Å². The Morgan fingerprint density at radius 1 is 1.05 bits per heavy atom. The number of halogens is 1. The molecule has 0 bridgehead atoms. The van der Waals surface area contributed by atoms with Gasteiger partial charge in [-0.2, -0.15) is 0 Å². The fourth-order valence-corrected chi connectivity index (χ4v) is 5.73. The zero-order valence-corrected chi connectivity index (χ0v) is 23.3. The fourth-order valence-electron chi connectivity index (χ4n) is 4.51. The van der Waals surface area contributed by atoms with E-state index in [9.17, 15) is 13.2 Å². The van der Waals surface area contributed by atoms with Crippen LogP contribution in [0.4, 0.5) is 23.0 Å². The quantitative estimate of drug-likeness (QED) is 0.213. The Balaban J connectivity index is 1.41. The highest BCUT2D eigenvalue weighted by Crippen LogP contribution is 2.33. The zero-order valence-electron chi connectivity index (χ0n) is 21.8. The van der Waals surface area contributed by atoms with Gasteiger partial charge in [-0.05, 0) is 74.3 Å². The molecule has 10 nitrogen and oxygen atoms in total. The summed E-state index contributed by atoms with van der Waals surface area (Å²) in [5.74, 6) is 0.803. The number of amides is 1. The van der Waals surface area contributed by atoms with Gasteiger partial charge in [0.05, 0.1) is 33.7 Å². The molecule has 2 heterocycles. The first-order chi connectivity index (χ1) is 19.3. The van der Waals surface area contributed by atoms with Crippen molar-refractivity contribution in [3.63, 3.8) is 0 Å². The predicted molar refractivity (Wildman–Crippen MR) is 157 cm³/mol. The van der Waals surface area contributed by atoms with Crippen LogP contribution < -0.4 is 25.4 Å². The zero-order chi connectivity index (χ0) is 28.1. The lowest BCUT2D eigenvalue weighted by molar-refractivity contribution is -0.117. The third-order valence-corrected chi connectivity index (χ3v) is 8.20. The maximum absolute atomic E-state index is 13.5. The standard InChI is InChI=1S/C28H29ClN6O4S/c1-39-20-11-12-22(29)25(16-20)34-27-28(33-24-10-3-2-9-23(24)32-27)35-40(37,38)21-8-4-7-19(15-21)31-26(36)14-18-6-5-13-30-17-18/h2-4,7-12,15-16,18,30H,5-6,13-14,17H2,1H3,(H,31,36)(H,32,34)(H,33,35). The molecule has 1 aliphatic heterocycles. The van der Waals surface area contributed by atoms with E-state index in [2.05, 4.69) is 30.6 Å². The average Bonchev–Trinajstić information content (AvgIpc) is 2.95. The second kappa shape index (κ2) is 12.1. The lowest BCUT2D eigenvalue weighted by Crippen LogP contribution is -2.32. The van der Waals surface area contributed by atoms with E-state index in [1.165, 1.54) is 19.2 Å². The minimum atomic E-state index is -4.12. The van der Waals surface area contributed by atoms with E-state index >= 15 is 0 Å². The molecule has 4 N–H and O–H groups in total. The SMILES string of the molecule is COc1ccc(Cl)c(Nc2nc3ccccc3nc2NS(=O)(=O)c2cccc(NC(=O)CC3CCCNC3)c2)c1. The molecular formula is C28H29ClN6O4S. The van der Waals surface area contributed by atoms with Crippen LogP contribution in [-0.2, 0) is 14.8 Å². The number of rotatable bonds is 9. The smallest absolute Gasteiger partial charge is 0.263 e. The Hall–Kier alpha value is -3.93. The van der Waals surface area contributed by atoms with Crippen LogP contribution >= 0.6 is 11.6 Å². The number of benzene rings is 3. The van der Waals surface area contributed by atoms with Crippen LogP contribution in [0.1, 0.15) is 19.3 Å². The summed E-state index contributed by atoms with van der Waals surface area (Å²) in [6, 6.07) is 18.2. The number of carbonyl (C=O) groups excluding carboxylic acids is 1. The number of fused-ring (bicyclic) bond motifs is 1. The van der Waals surface area contributed by atoms with Crippen molar-refractivity contribution in [1.29, 1.82) is 0 Å². The van der Waals surface area contributed by atoms with E-state index in [0.717, 1.165) is 25.9 Å². The van der Waals surface area contributed by atoms with Crippen molar-refractivity contribution in [3.05, 3.63) is 71.8 Å². The number of methoxy groups -OCH3 is 1. The van der Waals surface area contributed by atoms with Crippen LogP contribution in [0.2, 0.25) is 5.02 Å². The topological polar surface area (TPSA) is 134 Å². The molecule has 5 rings (SSSR count). The molecular weight excluding hydrogens is 552 g/mol. The van der Waals surface area contributed by atoms with Gasteiger partial charge < -0.3 is 20.7 Å². The number of hydrogen-bond donors (Lipinski definition) is 4. The monoisotopic (exact) mass is 580 g/mol. The van der Waals surface area contributed by atoms with Gasteiger partial charge in [0.15, 0.2) is 11.6 Å². The highest BCUT2D eigenvalue weighted by molar-refractivity contribution is 7.92. The first kappa shape index (κ1) is 27.6. The molecule has 4 aromatic rings. The molecule has 0 aliphatic carbocycles. The molecule has 1 aromatic heterocycles. The van der Waals surface area contributed by atoms with Crippen LogP contribution in [-0.4, -0.2) is 44.5 Å². The van der Waals surface area contributed by atoms with Crippen molar-refractivity contribution >= 4 is 61.6 Å². The van der Waals surface area contributed by atoms with Crippen molar-refractivity contribution in [2.45, 2.75) is 24.2 Å². The average molecular weight is 581 g/mol. The molecule has 1 amide bonds. The van der Waals surface area contributed by atoms with Gasteiger partial charge in [-0.25, -0.2) is 18.4 Å². The minimum Gasteiger partial charge on any atom is -0.497 e. The van der Waals surface area contributed by atoms with E-state index in [0.29, 0.717) is 39.6 Å². The van der Waals surface area contributed by atoms with Crippen LogP contribution in [0.15, 0.2) is 71.6 Å². The molecule has 0 saturated carbocycles. The Morgan fingerprint density at radius 3 is 2.55 bits per heavy atom. The lowest BCUT2D eigenvalue weighted by atomic mass is 9.96. The minimum absolute atomic E-state index is 0.0168. The molecule has 1 unspecified atom stereocenters. The summed E-state index contributed by atoms with van der Waals surface area (Å²) in [4.78, 5) is 21.7. The molecule has 3 aromatic carbocycles. The molecule has 0 spiro atoms. The first-order valence-corrected chi connectivity index (χ1v) is 14.7. The first-order valence-electron chi connectivity index (χ1n) is 12.8. The number of carbonyl (C=O) groups is 1. The van der Waals surface area contributed by atoms with E-state index in [1.54, 1.807) is 48.5 Å². The van der Waals surface area contributed by atoms with Gasteiger partial charge in [-0.3, -0.25) is 9.52 Å². The van der Waals surface area contributed by atoms with Crippen LogP contribution in [0.25, 0.3) is 11.0 Å². The van der Waals surface area contributed by atoms with Crippen LogP contribution in [0, 0.1) is 5.92 Å². The summed E-state index contributed by atoms with van der Waals surface area (Å²) >= 11 is 6.38. The third-order valence-electron chi connectivity index (χ3n) is 6.53. The molecule has 1 aliphatic rings. The van der Waals surface area contributed by atoms with Crippen molar-refractivity contribution in [2.24, 2.45) is 5.92 Å². The number of nitrogens with zero attached hydrogens (tertiary/aromatic N) is 2. The van der Waals surface area contributed by atoms with E-state index < -0.39 is 10.0 Å². The number of nitrogens with one attached hydrogen (secondary N) is 4. The van der Waals surface area contributed by atoms with Crippen LogP contribution in [0.5, 0.6) is 5.75 Å². The summed E-state index contributed by atoms with van der Waals surface area (Å²) in [5.41, 5.74) is 1.91. The van der Waals surface area contributed by atoms with Crippen molar-refractivity contribution < 1.29 is 17.9 Å². The number of para-hydroxylation sites is 2. The normalized spacial score (nSPS) is 15.4. The number of ether oxygens (including phenoxy) is 1. The Kier molecular flexibility index (Phi) is 8.34. The lowest BCUT2D eigenvalue weighted by Gasteiger charge is -2.22. The van der Waals surface area contributed by atoms with E-state index in [4.69, 9.17) is 16.3 Å². The number of sulfonamides is 1. The predicted octanol–water partition coefficient (Wildman–Crippen LogP) is 5.16.